The van der Waals surface area contributed by atoms with Gasteiger partial charge in [-0.15, -0.1) is 0 Å². The fraction of sp³-hybridized carbons (Fsp3) is 0.273. The van der Waals surface area contributed by atoms with Gasteiger partial charge >= 0.3 is 0 Å². The quantitative estimate of drug-likeness (QED) is 0.793. The lowest BCUT2D eigenvalue weighted by Crippen LogP contribution is -1.96. The number of nitrogens with two attached hydrogens (primary N) is 1. The molecule has 0 bridgehead atoms. The predicted octanol–water partition coefficient (Wildman–Crippen LogP) is 1.56. The van der Waals surface area contributed by atoms with Crippen molar-refractivity contribution in [3.63, 3.8) is 0 Å². The van der Waals surface area contributed by atoms with Gasteiger partial charge in [0.05, 0.1) is 12.8 Å². The Morgan fingerprint density at radius 1 is 1.44 bits per heavy atom. The number of nitrogen functional groups attached to an aromatic ring is 1. The Morgan fingerprint density at radius 3 is 2.81 bits per heavy atom. The molecule has 0 aliphatic carbocycles. The van der Waals surface area contributed by atoms with E-state index in [9.17, 15) is 0 Å². The molecule has 0 unspecified atom stereocenters. The Bertz CT molecular complexity index is 494. The first kappa shape index (κ1) is 10.5. The van der Waals surface area contributed by atoms with E-state index in [0.29, 0.717) is 29.6 Å². The van der Waals surface area contributed by atoms with Crippen LogP contribution in [0, 0.1) is 6.92 Å². The summed E-state index contributed by atoms with van der Waals surface area (Å²) in [4.78, 5) is 4.13. The number of rotatable bonds is 3. The van der Waals surface area contributed by atoms with Crippen molar-refractivity contribution < 1.29 is 9.26 Å². The topological polar surface area (TPSA) is 74.2 Å². The maximum absolute atomic E-state index is 5.80. The predicted molar refractivity (Wildman–Crippen MR) is 59.2 cm³/mol. The maximum Gasteiger partial charge on any atom is 0.223 e. The minimum Gasteiger partial charge on any atom is -0.495 e. The van der Waals surface area contributed by atoms with Crippen LogP contribution in [-0.4, -0.2) is 17.3 Å². The Hall–Kier alpha value is -2.04. The second kappa shape index (κ2) is 4.22. The highest BCUT2D eigenvalue weighted by molar-refractivity contribution is 5.54. The SMILES string of the molecule is COc1ccc(Cc2noc(C)n2)cc1N. The lowest BCUT2D eigenvalue weighted by Gasteiger charge is -2.05. The van der Waals surface area contributed by atoms with Gasteiger partial charge in [-0.05, 0) is 17.7 Å². The summed E-state index contributed by atoms with van der Waals surface area (Å²) in [6, 6.07) is 5.61. The van der Waals surface area contributed by atoms with E-state index in [1.54, 1.807) is 14.0 Å². The lowest BCUT2D eigenvalue weighted by molar-refractivity contribution is 0.388. The van der Waals surface area contributed by atoms with Gasteiger partial charge in [-0.1, -0.05) is 11.2 Å². The molecule has 0 atom stereocenters. The van der Waals surface area contributed by atoms with Crippen LogP contribution in [0.25, 0.3) is 0 Å². The molecule has 1 aromatic carbocycles. The van der Waals surface area contributed by atoms with Crippen molar-refractivity contribution in [1.82, 2.24) is 10.1 Å². The monoisotopic (exact) mass is 219 g/mol. The van der Waals surface area contributed by atoms with Crippen LogP contribution in [-0.2, 0) is 6.42 Å². The van der Waals surface area contributed by atoms with Crippen LogP contribution in [0.1, 0.15) is 17.3 Å². The molecule has 2 N–H and O–H groups in total. The molecule has 1 heterocycles. The first-order chi connectivity index (χ1) is 7.69. The van der Waals surface area contributed by atoms with Crippen LogP contribution in [0.2, 0.25) is 0 Å². The van der Waals surface area contributed by atoms with Gasteiger partial charge in [0.25, 0.3) is 0 Å². The molecule has 16 heavy (non-hydrogen) atoms. The molecule has 0 aliphatic rings. The van der Waals surface area contributed by atoms with Crippen molar-refractivity contribution in [2.24, 2.45) is 0 Å². The second-order valence-electron chi connectivity index (χ2n) is 3.48. The van der Waals surface area contributed by atoms with E-state index >= 15 is 0 Å². The minimum absolute atomic E-state index is 0.566. The molecule has 0 spiro atoms. The van der Waals surface area contributed by atoms with Gasteiger partial charge in [-0.2, -0.15) is 4.98 Å². The van der Waals surface area contributed by atoms with E-state index in [1.807, 2.05) is 18.2 Å². The molecule has 0 saturated heterocycles. The van der Waals surface area contributed by atoms with Gasteiger partial charge in [0.1, 0.15) is 5.75 Å². The van der Waals surface area contributed by atoms with Gasteiger partial charge in [0.2, 0.25) is 5.89 Å². The van der Waals surface area contributed by atoms with Crippen molar-refractivity contribution >= 4 is 5.69 Å². The molecular formula is C11H13N3O2. The van der Waals surface area contributed by atoms with Gasteiger partial charge in [0, 0.05) is 13.3 Å². The Kier molecular flexibility index (Phi) is 2.76. The van der Waals surface area contributed by atoms with Gasteiger partial charge in [-0.3, -0.25) is 0 Å². The summed E-state index contributed by atoms with van der Waals surface area (Å²) in [5, 5.41) is 3.83. The fourth-order valence-electron chi connectivity index (χ4n) is 1.49. The summed E-state index contributed by atoms with van der Waals surface area (Å²) >= 11 is 0. The molecule has 0 fully saturated rings. The molecule has 2 rings (SSSR count). The number of hydrogen-bond donors (Lipinski definition) is 1. The molecule has 0 saturated carbocycles. The first-order valence-electron chi connectivity index (χ1n) is 4.90. The highest BCUT2D eigenvalue weighted by Crippen LogP contribution is 2.22. The highest BCUT2D eigenvalue weighted by Gasteiger charge is 2.06. The van der Waals surface area contributed by atoms with Crippen molar-refractivity contribution in [3.8, 4) is 5.75 Å². The largest absolute Gasteiger partial charge is 0.495 e. The van der Waals surface area contributed by atoms with Crippen LogP contribution in [0.5, 0.6) is 5.75 Å². The second-order valence-corrected chi connectivity index (χ2v) is 3.48. The maximum atomic E-state index is 5.80. The average Bonchev–Trinajstić information content (AvgIpc) is 2.64. The van der Waals surface area contributed by atoms with E-state index in [1.165, 1.54) is 0 Å². The van der Waals surface area contributed by atoms with Gasteiger partial charge in [0.15, 0.2) is 5.82 Å². The summed E-state index contributed by atoms with van der Waals surface area (Å²) < 4.78 is 9.97. The number of aromatic nitrogens is 2. The third-order valence-electron chi connectivity index (χ3n) is 2.23. The highest BCUT2D eigenvalue weighted by atomic mass is 16.5. The van der Waals surface area contributed by atoms with Crippen molar-refractivity contribution in [1.29, 1.82) is 0 Å². The summed E-state index contributed by atoms with van der Waals surface area (Å²) in [6.07, 6.45) is 0.603. The molecule has 0 amide bonds. The van der Waals surface area contributed by atoms with Crippen LogP contribution in [0.3, 0.4) is 0 Å². The average molecular weight is 219 g/mol. The minimum atomic E-state index is 0.566. The van der Waals surface area contributed by atoms with Crippen LogP contribution in [0.15, 0.2) is 22.7 Å². The number of ether oxygens (including phenoxy) is 1. The van der Waals surface area contributed by atoms with Gasteiger partial charge in [-0.25, -0.2) is 0 Å². The zero-order valence-electron chi connectivity index (χ0n) is 9.23. The number of benzene rings is 1. The Labute approximate surface area is 93.2 Å². The number of hydrogen-bond acceptors (Lipinski definition) is 5. The van der Waals surface area contributed by atoms with E-state index < -0.39 is 0 Å². The molecular weight excluding hydrogens is 206 g/mol. The Morgan fingerprint density at radius 2 is 2.25 bits per heavy atom. The molecule has 84 valence electrons. The number of aryl methyl sites for hydroxylation is 1. The van der Waals surface area contributed by atoms with Crippen molar-refractivity contribution in [3.05, 3.63) is 35.5 Å². The van der Waals surface area contributed by atoms with E-state index in [2.05, 4.69) is 10.1 Å². The van der Waals surface area contributed by atoms with Crippen molar-refractivity contribution in [2.75, 3.05) is 12.8 Å². The summed E-state index contributed by atoms with van der Waals surface area (Å²) in [5.41, 5.74) is 7.44. The molecule has 2 aromatic rings. The Balaban J connectivity index is 2.19. The summed E-state index contributed by atoms with van der Waals surface area (Å²) in [6.45, 7) is 1.76. The van der Waals surface area contributed by atoms with Gasteiger partial charge < -0.3 is 15.0 Å². The number of nitrogens with zero attached hydrogens (tertiary/aromatic N) is 2. The third kappa shape index (κ3) is 2.13. The van der Waals surface area contributed by atoms with E-state index in [-0.39, 0.29) is 0 Å². The molecule has 0 radical (unpaired) electrons. The van der Waals surface area contributed by atoms with Crippen LogP contribution >= 0.6 is 0 Å². The van der Waals surface area contributed by atoms with E-state index in [4.69, 9.17) is 15.0 Å². The lowest BCUT2D eigenvalue weighted by atomic mass is 10.1. The molecule has 5 heteroatoms. The zero-order chi connectivity index (χ0) is 11.5. The smallest absolute Gasteiger partial charge is 0.223 e. The van der Waals surface area contributed by atoms with E-state index in [0.717, 1.165) is 5.56 Å². The zero-order valence-corrected chi connectivity index (χ0v) is 9.23. The molecule has 1 aromatic heterocycles. The number of anilines is 1. The summed E-state index contributed by atoms with van der Waals surface area (Å²) in [7, 11) is 1.59. The molecule has 0 aliphatic heterocycles. The van der Waals surface area contributed by atoms with Crippen LogP contribution in [0.4, 0.5) is 5.69 Å². The normalized spacial score (nSPS) is 10.4. The first-order valence-corrected chi connectivity index (χ1v) is 4.90. The fourth-order valence-corrected chi connectivity index (χ4v) is 1.49. The standard InChI is InChI=1S/C11H13N3O2/c1-7-13-11(14-16-7)6-8-3-4-10(15-2)9(12)5-8/h3-5H,6,12H2,1-2H3. The third-order valence-corrected chi connectivity index (χ3v) is 2.23. The van der Waals surface area contributed by atoms with Crippen molar-refractivity contribution in [2.45, 2.75) is 13.3 Å². The number of methoxy groups -OCH3 is 1. The van der Waals surface area contributed by atoms with Crippen LogP contribution < -0.4 is 10.5 Å². The molecule has 5 nitrogen and oxygen atoms in total. The summed E-state index contributed by atoms with van der Waals surface area (Å²) in [5.74, 6) is 1.89.